The molecule has 0 spiro atoms. The topological polar surface area (TPSA) is 58.6 Å². The van der Waals surface area contributed by atoms with Gasteiger partial charge < -0.3 is 15.0 Å². The molecule has 0 heterocycles. The molecule has 0 aliphatic rings. The standard InChI is InChI=1S/C25H34N2O3/c1-7-20(5)26-25(29)21(6)27(15-22-10-8-9-17(2)14-22)24(28)16-30-23-12-11-18(3)13-19(23)4/h8-14,20-21H,7,15-16H2,1-6H3,(H,26,29)/t20-,21+/m0/s1. The van der Waals surface area contributed by atoms with Gasteiger partial charge in [-0.05, 0) is 58.2 Å². The lowest BCUT2D eigenvalue weighted by Gasteiger charge is -2.29. The van der Waals surface area contributed by atoms with Gasteiger partial charge in [-0.3, -0.25) is 9.59 Å². The molecule has 0 bridgehead atoms. The zero-order valence-electron chi connectivity index (χ0n) is 19.0. The lowest BCUT2D eigenvalue weighted by Crippen LogP contribution is -2.50. The molecule has 2 amide bonds. The van der Waals surface area contributed by atoms with E-state index in [1.165, 1.54) is 0 Å². The Morgan fingerprint density at radius 2 is 1.73 bits per heavy atom. The summed E-state index contributed by atoms with van der Waals surface area (Å²) in [4.78, 5) is 27.4. The van der Waals surface area contributed by atoms with Crippen LogP contribution in [0.4, 0.5) is 0 Å². The number of carbonyl (C=O) groups is 2. The molecule has 2 atom stereocenters. The maximum Gasteiger partial charge on any atom is 0.261 e. The molecule has 5 nitrogen and oxygen atoms in total. The maximum absolute atomic E-state index is 13.1. The van der Waals surface area contributed by atoms with Crippen LogP contribution in [0.2, 0.25) is 0 Å². The van der Waals surface area contributed by atoms with E-state index in [4.69, 9.17) is 4.74 Å². The first-order valence-electron chi connectivity index (χ1n) is 10.6. The smallest absolute Gasteiger partial charge is 0.261 e. The number of ether oxygens (including phenoxy) is 1. The molecule has 2 rings (SSSR count). The maximum atomic E-state index is 13.1. The van der Waals surface area contributed by atoms with Crippen molar-refractivity contribution in [2.75, 3.05) is 6.61 Å². The van der Waals surface area contributed by atoms with Gasteiger partial charge in [0.2, 0.25) is 5.91 Å². The van der Waals surface area contributed by atoms with Gasteiger partial charge in [-0.2, -0.15) is 0 Å². The number of carbonyl (C=O) groups excluding carboxylic acids is 2. The van der Waals surface area contributed by atoms with Gasteiger partial charge in [0.25, 0.3) is 5.91 Å². The molecule has 162 valence electrons. The van der Waals surface area contributed by atoms with Crippen molar-refractivity contribution in [2.45, 2.75) is 66.6 Å². The Bertz CT molecular complexity index is 878. The van der Waals surface area contributed by atoms with Crippen molar-refractivity contribution in [1.29, 1.82) is 0 Å². The van der Waals surface area contributed by atoms with E-state index in [1.54, 1.807) is 11.8 Å². The third kappa shape index (κ3) is 6.61. The van der Waals surface area contributed by atoms with Crippen LogP contribution in [0.15, 0.2) is 42.5 Å². The fraction of sp³-hybridized carbons (Fsp3) is 0.440. The fourth-order valence-corrected chi connectivity index (χ4v) is 3.24. The molecule has 0 radical (unpaired) electrons. The summed E-state index contributed by atoms with van der Waals surface area (Å²) in [6.07, 6.45) is 0.833. The van der Waals surface area contributed by atoms with Crippen LogP contribution in [0.1, 0.15) is 49.4 Å². The van der Waals surface area contributed by atoms with E-state index in [2.05, 4.69) is 5.32 Å². The summed E-state index contributed by atoms with van der Waals surface area (Å²) < 4.78 is 5.81. The van der Waals surface area contributed by atoms with E-state index in [0.717, 1.165) is 28.7 Å². The third-order valence-corrected chi connectivity index (χ3v) is 5.29. The molecule has 0 aliphatic carbocycles. The number of nitrogens with zero attached hydrogens (tertiary/aromatic N) is 1. The minimum atomic E-state index is -0.602. The fourth-order valence-electron chi connectivity index (χ4n) is 3.24. The van der Waals surface area contributed by atoms with Gasteiger partial charge in [-0.1, -0.05) is 54.4 Å². The van der Waals surface area contributed by atoms with Crippen LogP contribution < -0.4 is 10.1 Å². The number of hydrogen-bond acceptors (Lipinski definition) is 3. The number of hydrogen-bond donors (Lipinski definition) is 1. The zero-order valence-corrected chi connectivity index (χ0v) is 19.0. The first kappa shape index (κ1) is 23.5. The Balaban J connectivity index is 2.18. The summed E-state index contributed by atoms with van der Waals surface area (Å²) in [7, 11) is 0. The molecule has 0 aromatic heterocycles. The van der Waals surface area contributed by atoms with Crippen LogP contribution >= 0.6 is 0 Å². The van der Waals surface area contributed by atoms with Gasteiger partial charge in [0.15, 0.2) is 6.61 Å². The van der Waals surface area contributed by atoms with Gasteiger partial charge in [-0.15, -0.1) is 0 Å². The molecule has 2 aromatic carbocycles. The molecule has 0 unspecified atom stereocenters. The lowest BCUT2D eigenvalue weighted by atomic mass is 10.1. The van der Waals surface area contributed by atoms with E-state index in [1.807, 2.05) is 77.1 Å². The lowest BCUT2D eigenvalue weighted by molar-refractivity contribution is -0.142. The first-order chi connectivity index (χ1) is 14.2. The molecular weight excluding hydrogens is 376 g/mol. The third-order valence-electron chi connectivity index (χ3n) is 5.29. The van der Waals surface area contributed by atoms with Gasteiger partial charge in [-0.25, -0.2) is 0 Å². The average molecular weight is 411 g/mol. The monoisotopic (exact) mass is 410 g/mol. The van der Waals surface area contributed by atoms with Crippen molar-refractivity contribution in [1.82, 2.24) is 10.2 Å². The largest absolute Gasteiger partial charge is 0.483 e. The zero-order chi connectivity index (χ0) is 22.3. The number of rotatable bonds is 9. The highest BCUT2D eigenvalue weighted by atomic mass is 16.5. The number of nitrogens with one attached hydrogen (secondary N) is 1. The van der Waals surface area contributed by atoms with E-state index < -0.39 is 6.04 Å². The van der Waals surface area contributed by atoms with Gasteiger partial charge in [0.05, 0.1) is 0 Å². The summed E-state index contributed by atoms with van der Waals surface area (Å²) in [6, 6.07) is 13.3. The summed E-state index contributed by atoms with van der Waals surface area (Å²) in [5.41, 5.74) is 4.22. The molecule has 5 heteroatoms. The van der Waals surface area contributed by atoms with Crippen LogP contribution in [-0.4, -0.2) is 35.4 Å². The van der Waals surface area contributed by atoms with Gasteiger partial charge in [0, 0.05) is 12.6 Å². The molecule has 0 saturated heterocycles. The van der Waals surface area contributed by atoms with Crippen LogP contribution in [0.5, 0.6) is 5.75 Å². The van der Waals surface area contributed by atoms with E-state index in [9.17, 15) is 9.59 Å². The molecule has 0 aliphatic heterocycles. The number of aryl methyl sites for hydroxylation is 3. The minimum absolute atomic E-state index is 0.0577. The SMILES string of the molecule is CC[C@H](C)NC(=O)[C@@H](C)N(Cc1cccc(C)c1)C(=O)COc1ccc(C)cc1C. The van der Waals surface area contributed by atoms with Crippen molar-refractivity contribution >= 4 is 11.8 Å². The second-order valence-corrected chi connectivity index (χ2v) is 8.06. The van der Waals surface area contributed by atoms with Crippen molar-refractivity contribution in [2.24, 2.45) is 0 Å². The highest BCUT2D eigenvalue weighted by Crippen LogP contribution is 2.19. The summed E-state index contributed by atoms with van der Waals surface area (Å²) >= 11 is 0. The molecule has 0 saturated carbocycles. The number of benzene rings is 2. The molecule has 2 aromatic rings. The summed E-state index contributed by atoms with van der Waals surface area (Å²) in [6.45, 7) is 12.0. The van der Waals surface area contributed by atoms with Crippen molar-refractivity contribution < 1.29 is 14.3 Å². The second kappa shape index (κ2) is 10.8. The van der Waals surface area contributed by atoms with E-state index >= 15 is 0 Å². The second-order valence-electron chi connectivity index (χ2n) is 8.06. The molecule has 30 heavy (non-hydrogen) atoms. The van der Waals surface area contributed by atoms with Crippen molar-refractivity contribution in [3.05, 3.63) is 64.7 Å². The van der Waals surface area contributed by atoms with Crippen LogP contribution in [0.25, 0.3) is 0 Å². The Hall–Kier alpha value is -2.82. The van der Waals surface area contributed by atoms with Gasteiger partial charge in [0.1, 0.15) is 11.8 Å². The first-order valence-corrected chi connectivity index (χ1v) is 10.6. The predicted octanol–water partition coefficient (Wildman–Crippen LogP) is 4.32. The Kier molecular flexibility index (Phi) is 8.46. The van der Waals surface area contributed by atoms with E-state index in [-0.39, 0.29) is 24.5 Å². The normalized spacial score (nSPS) is 12.7. The summed E-state index contributed by atoms with van der Waals surface area (Å²) in [5, 5.41) is 2.98. The Labute approximate surface area is 180 Å². The number of amides is 2. The Morgan fingerprint density at radius 1 is 1.03 bits per heavy atom. The predicted molar refractivity (Wildman–Crippen MR) is 120 cm³/mol. The van der Waals surface area contributed by atoms with Crippen LogP contribution in [0, 0.1) is 20.8 Å². The minimum Gasteiger partial charge on any atom is -0.483 e. The van der Waals surface area contributed by atoms with Crippen LogP contribution in [0.3, 0.4) is 0 Å². The highest BCUT2D eigenvalue weighted by molar-refractivity contribution is 5.88. The van der Waals surface area contributed by atoms with Crippen molar-refractivity contribution in [3.63, 3.8) is 0 Å². The quantitative estimate of drug-likeness (QED) is 0.670. The Morgan fingerprint density at radius 3 is 2.37 bits per heavy atom. The average Bonchev–Trinajstić information content (AvgIpc) is 2.70. The van der Waals surface area contributed by atoms with Crippen molar-refractivity contribution in [3.8, 4) is 5.75 Å². The molecular formula is C25H34N2O3. The molecule has 1 N–H and O–H groups in total. The molecule has 0 fully saturated rings. The highest BCUT2D eigenvalue weighted by Gasteiger charge is 2.27. The van der Waals surface area contributed by atoms with Crippen LogP contribution in [-0.2, 0) is 16.1 Å². The van der Waals surface area contributed by atoms with Gasteiger partial charge >= 0.3 is 0 Å². The van der Waals surface area contributed by atoms with E-state index in [0.29, 0.717) is 12.3 Å². The summed E-state index contributed by atoms with van der Waals surface area (Å²) in [5.74, 6) is 0.307.